The van der Waals surface area contributed by atoms with Gasteiger partial charge in [-0.25, -0.2) is 4.79 Å². The largest absolute Gasteiger partial charge is 0.482 e. The quantitative estimate of drug-likeness (QED) is 0.721. The van der Waals surface area contributed by atoms with E-state index in [1.807, 2.05) is 6.92 Å². The molecule has 0 spiro atoms. The zero-order valence-corrected chi connectivity index (χ0v) is 15.6. The Morgan fingerprint density at radius 3 is 2.64 bits per heavy atom. The maximum atomic E-state index is 12.1. The number of methoxy groups -OCH3 is 1. The molecular weight excluding hydrogens is 344 g/mol. The average molecular weight is 371 g/mol. The first-order chi connectivity index (χ1) is 11.6. The molecule has 0 aliphatic carbocycles. The Labute approximate surface area is 155 Å². The van der Waals surface area contributed by atoms with Crippen molar-refractivity contribution in [3.8, 4) is 5.75 Å². The lowest BCUT2D eigenvalue weighted by Crippen LogP contribution is -2.28. The van der Waals surface area contributed by atoms with Gasteiger partial charge in [-0.3, -0.25) is 4.79 Å². The predicted octanol–water partition coefficient (Wildman–Crippen LogP) is 2.69. The molecule has 1 heterocycles. The van der Waals surface area contributed by atoms with Crippen LogP contribution in [0, 0.1) is 12.8 Å². The van der Waals surface area contributed by atoms with Crippen LogP contribution < -0.4 is 15.4 Å². The third-order valence-corrected chi connectivity index (χ3v) is 4.29. The van der Waals surface area contributed by atoms with Crippen molar-refractivity contribution in [2.75, 3.05) is 32.1 Å². The lowest BCUT2D eigenvalue weighted by atomic mass is 9.93. The summed E-state index contributed by atoms with van der Waals surface area (Å²) >= 11 is 0. The number of nitrogens with one attached hydrogen (secondary N) is 2. The number of anilines is 1. The first kappa shape index (κ1) is 21.3. The topological polar surface area (TPSA) is 76.7 Å². The number of halogens is 1. The number of piperidine rings is 1. The molecule has 1 amide bonds. The summed E-state index contributed by atoms with van der Waals surface area (Å²) in [5, 5.41) is 6.29. The standard InChI is InChI=1S/C18H26N2O4.ClH/c1-13-11-15(24-12-18(22)23-2)4-5-16(13)20-17(21)6-3-14-7-9-19-10-8-14;/h4-5,11,14,19H,3,6-10,12H2,1-2H3,(H,20,21);1H. The number of benzene rings is 1. The summed E-state index contributed by atoms with van der Waals surface area (Å²) < 4.78 is 9.86. The second kappa shape index (κ2) is 10.9. The number of amides is 1. The Morgan fingerprint density at radius 1 is 1.28 bits per heavy atom. The van der Waals surface area contributed by atoms with E-state index >= 15 is 0 Å². The smallest absolute Gasteiger partial charge is 0.343 e. The minimum absolute atomic E-state index is 0. The van der Waals surface area contributed by atoms with Gasteiger partial charge < -0.3 is 20.1 Å². The van der Waals surface area contributed by atoms with Crippen molar-refractivity contribution in [2.24, 2.45) is 5.92 Å². The van der Waals surface area contributed by atoms with Crippen molar-refractivity contribution < 1.29 is 19.1 Å². The molecule has 1 aromatic carbocycles. The predicted molar refractivity (Wildman–Crippen MR) is 99.4 cm³/mol. The van der Waals surface area contributed by atoms with E-state index in [0.29, 0.717) is 18.1 Å². The fourth-order valence-electron chi connectivity index (χ4n) is 2.79. The lowest BCUT2D eigenvalue weighted by Gasteiger charge is -2.22. The van der Waals surface area contributed by atoms with E-state index in [0.717, 1.165) is 43.6 Å². The summed E-state index contributed by atoms with van der Waals surface area (Å²) in [4.78, 5) is 23.2. The van der Waals surface area contributed by atoms with Gasteiger partial charge in [0.2, 0.25) is 5.91 Å². The van der Waals surface area contributed by atoms with Gasteiger partial charge >= 0.3 is 5.97 Å². The molecule has 1 fully saturated rings. The van der Waals surface area contributed by atoms with Crippen LogP contribution in [-0.4, -0.2) is 38.7 Å². The molecular formula is C18H27ClN2O4. The fraction of sp³-hybridized carbons (Fsp3) is 0.556. The molecule has 25 heavy (non-hydrogen) atoms. The monoisotopic (exact) mass is 370 g/mol. The summed E-state index contributed by atoms with van der Waals surface area (Å²) in [5.41, 5.74) is 1.67. The summed E-state index contributed by atoms with van der Waals surface area (Å²) in [6.45, 7) is 3.88. The van der Waals surface area contributed by atoms with E-state index in [2.05, 4.69) is 15.4 Å². The zero-order valence-electron chi connectivity index (χ0n) is 14.8. The van der Waals surface area contributed by atoms with Crippen molar-refractivity contribution >= 4 is 30.0 Å². The maximum absolute atomic E-state index is 12.1. The Balaban J connectivity index is 0.00000312. The van der Waals surface area contributed by atoms with Crippen LogP contribution in [0.25, 0.3) is 0 Å². The van der Waals surface area contributed by atoms with Gasteiger partial charge in [0.15, 0.2) is 6.61 Å². The van der Waals surface area contributed by atoms with Crippen molar-refractivity contribution in [1.82, 2.24) is 5.32 Å². The number of carbonyl (C=O) groups excluding carboxylic acids is 2. The van der Waals surface area contributed by atoms with E-state index in [1.165, 1.54) is 7.11 Å². The molecule has 140 valence electrons. The summed E-state index contributed by atoms with van der Waals surface area (Å²) in [6.07, 6.45) is 3.79. The number of carbonyl (C=O) groups is 2. The molecule has 2 N–H and O–H groups in total. The van der Waals surface area contributed by atoms with Crippen LogP contribution in [0.1, 0.15) is 31.2 Å². The van der Waals surface area contributed by atoms with E-state index in [1.54, 1.807) is 18.2 Å². The molecule has 0 radical (unpaired) electrons. The second-order valence-corrected chi connectivity index (χ2v) is 6.12. The highest BCUT2D eigenvalue weighted by Crippen LogP contribution is 2.23. The number of hydrogen-bond donors (Lipinski definition) is 2. The molecule has 0 unspecified atom stereocenters. The number of rotatable bonds is 7. The zero-order chi connectivity index (χ0) is 17.4. The van der Waals surface area contributed by atoms with Gasteiger partial charge in [0.25, 0.3) is 0 Å². The molecule has 0 bridgehead atoms. The van der Waals surface area contributed by atoms with Gasteiger partial charge in [-0.2, -0.15) is 0 Å². The number of esters is 1. The first-order valence-corrected chi connectivity index (χ1v) is 8.39. The lowest BCUT2D eigenvalue weighted by molar-refractivity contribution is -0.142. The molecule has 0 saturated carbocycles. The van der Waals surface area contributed by atoms with Crippen LogP contribution in [0.3, 0.4) is 0 Å². The van der Waals surface area contributed by atoms with E-state index < -0.39 is 5.97 Å². The number of aryl methyl sites for hydroxylation is 1. The second-order valence-electron chi connectivity index (χ2n) is 6.12. The fourth-order valence-corrected chi connectivity index (χ4v) is 2.79. The Morgan fingerprint density at radius 2 is 2.00 bits per heavy atom. The SMILES string of the molecule is COC(=O)COc1ccc(NC(=O)CCC2CCNCC2)c(C)c1.Cl. The number of hydrogen-bond acceptors (Lipinski definition) is 5. The molecule has 6 nitrogen and oxygen atoms in total. The minimum atomic E-state index is -0.428. The third-order valence-electron chi connectivity index (χ3n) is 4.29. The van der Waals surface area contributed by atoms with Gasteiger partial charge in [0.1, 0.15) is 5.75 Å². The van der Waals surface area contributed by atoms with E-state index in [-0.39, 0.29) is 24.9 Å². The summed E-state index contributed by atoms with van der Waals surface area (Å²) in [5.74, 6) is 0.834. The van der Waals surface area contributed by atoms with Gasteiger partial charge in [0, 0.05) is 12.1 Å². The minimum Gasteiger partial charge on any atom is -0.482 e. The normalized spacial score (nSPS) is 14.3. The molecule has 0 atom stereocenters. The van der Waals surface area contributed by atoms with Gasteiger partial charge in [-0.1, -0.05) is 0 Å². The summed E-state index contributed by atoms with van der Waals surface area (Å²) in [7, 11) is 1.32. The van der Waals surface area contributed by atoms with E-state index in [4.69, 9.17) is 4.74 Å². The number of ether oxygens (including phenoxy) is 2. The van der Waals surface area contributed by atoms with Crippen LogP contribution in [0.5, 0.6) is 5.75 Å². The Hall–Kier alpha value is -1.79. The molecule has 1 aromatic rings. The van der Waals surface area contributed by atoms with Crippen molar-refractivity contribution in [2.45, 2.75) is 32.6 Å². The van der Waals surface area contributed by atoms with Crippen LogP contribution in [0.4, 0.5) is 5.69 Å². The van der Waals surface area contributed by atoms with Crippen molar-refractivity contribution in [1.29, 1.82) is 0 Å². The highest BCUT2D eigenvalue weighted by molar-refractivity contribution is 5.91. The Bertz CT molecular complexity index is 574. The van der Waals surface area contributed by atoms with Gasteiger partial charge in [-0.15, -0.1) is 12.4 Å². The maximum Gasteiger partial charge on any atom is 0.343 e. The molecule has 1 aliphatic rings. The molecule has 0 aromatic heterocycles. The van der Waals surface area contributed by atoms with Crippen LogP contribution >= 0.6 is 12.4 Å². The molecule has 7 heteroatoms. The van der Waals surface area contributed by atoms with Crippen LogP contribution in [-0.2, 0) is 14.3 Å². The molecule has 1 aliphatic heterocycles. The average Bonchev–Trinajstić information content (AvgIpc) is 2.61. The third kappa shape index (κ3) is 7.32. The van der Waals surface area contributed by atoms with Crippen molar-refractivity contribution in [3.63, 3.8) is 0 Å². The van der Waals surface area contributed by atoms with Crippen LogP contribution in [0.15, 0.2) is 18.2 Å². The molecule has 1 saturated heterocycles. The Kier molecular flexibility index (Phi) is 9.31. The van der Waals surface area contributed by atoms with E-state index in [9.17, 15) is 9.59 Å². The first-order valence-electron chi connectivity index (χ1n) is 8.39. The van der Waals surface area contributed by atoms with Crippen LogP contribution in [0.2, 0.25) is 0 Å². The van der Waals surface area contributed by atoms with Gasteiger partial charge in [0.05, 0.1) is 7.11 Å². The molecule has 2 rings (SSSR count). The highest BCUT2D eigenvalue weighted by atomic mass is 35.5. The summed E-state index contributed by atoms with van der Waals surface area (Å²) in [6, 6.07) is 5.33. The van der Waals surface area contributed by atoms with Gasteiger partial charge in [-0.05, 0) is 69.0 Å². The van der Waals surface area contributed by atoms with Crippen molar-refractivity contribution in [3.05, 3.63) is 23.8 Å². The highest BCUT2D eigenvalue weighted by Gasteiger charge is 2.15.